The van der Waals surface area contributed by atoms with E-state index < -0.39 is 0 Å². The number of amides is 1. The summed E-state index contributed by atoms with van der Waals surface area (Å²) in [5.74, 6) is -0.431. The van der Waals surface area contributed by atoms with Crippen molar-refractivity contribution in [2.24, 2.45) is 5.92 Å². The van der Waals surface area contributed by atoms with E-state index in [0.717, 1.165) is 24.3 Å². The molecular formula is C14H20N2O3S. The first-order valence-corrected chi connectivity index (χ1v) is 7.72. The summed E-state index contributed by atoms with van der Waals surface area (Å²) in [7, 11) is 0. The minimum Gasteiger partial charge on any atom is -0.462 e. The highest BCUT2D eigenvalue weighted by Crippen LogP contribution is 2.29. The van der Waals surface area contributed by atoms with Gasteiger partial charge in [0.1, 0.15) is 5.00 Å². The van der Waals surface area contributed by atoms with Crippen molar-refractivity contribution >= 4 is 28.2 Å². The fourth-order valence-corrected chi connectivity index (χ4v) is 3.16. The number of carbonyl (C=O) groups is 2. The van der Waals surface area contributed by atoms with Crippen LogP contribution in [-0.2, 0) is 9.53 Å². The molecule has 1 amide bonds. The van der Waals surface area contributed by atoms with Gasteiger partial charge in [-0.25, -0.2) is 4.79 Å². The number of hydrogen-bond acceptors (Lipinski definition) is 5. The van der Waals surface area contributed by atoms with Crippen molar-refractivity contribution in [2.45, 2.75) is 26.7 Å². The minimum atomic E-state index is -0.381. The van der Waals surface area contributed by atoms with Gasteiger partial charge in [-0.1, -0.05) is 0 Å². The summed E-state index contributed by atoms with van der Waals surface area (Å²) >= 11 is 1.41. The van der Waals surface area contributed by atoms with E-state index in [1.807, 2.05) is 6.92 Å². The third kappa shape index (κ3) is 3.58. The van der Waals surface area contributed by atoms with Crippen LogP contribution >= 0.6 is 11.3 Å². The second-order valence-electron chi connectivity index (χ2n) is 4.85. The summed E-state index contributed by atoms with van der Waals surface area (Å²) in [4.78, 5) is 25.0. The molecule has 20 heavy (non-hydrogen) atoms. The van der Waals surface area contributed by atoms with Crippen LogP contribution in [0.3, 0.4) is 0 Å². The molecule has 0 spiro atoms. The van der Waals surface area contributed by atoms with Crippen molar-refractivity contribution in [3.63, 3.8) is 0 Å². The first-order chi connectivity index (χ1) is 9.61. The molecule has 2 heterocycles. The monoisotopic (exact) mass is 296 g/mol. The second kappa shape index (κ2) is 6.85. The van der Waals surface area contributed by atoms with Crippen LogP contribution in [0.1, 0.15) is 35.0 Å². The molecule has 6 heteroatoms. The maximum Gasteiger partial charge on any atom is 0.341 e. The van der Waals surface area contributed by atoms with Gasteiger partial charge in [-0.2, -0.15) is 0 Å². The van der Waals surface area contributed by atoms with Gasteiger partial charge in [-0.05, 0) is 39.3 Å². The molecule has 0 unspecified atom stereocenters. The Hall–Kier alpha value is -1.40. The predicted octanol–water partition coefficient (Wildman–Crippen LogP) is 2.17. The lowest BCUT2D eigenvalue weighted by molar-refractivity contribution is -0.120. The number of rotatable bonds is 4. The summed E-state index contributed by atoms with van der Waals surface area (Å²) in [5.41, 5.74) is 0.450. The van der Waals surface area contributed by atoms with Crippen LogP contribution in [0.25, 0.3) is 0 Å². The third-order valence-corrected chi connectivity index (χ3v) is 4.22. The quantitative estimate of drug-likeness (QED) is 0.836. The molecule has 1 aromatic rings. The largest absolute Gasteiger partial charge is 0.462 e. The van der Waals surface area contributed by atoms with Gasteiger partial charge in [0, 0.05) is 11.4 Å². The average Bonchev–Trinajstić information content (AvgIpc) is 2.81. The van der Waals surface area contributed by atoms with E-state index in [4.69, 9.17) is 4.74 Å². The lowest BCUT2D eigenvalue weighted by Crippen LogP contribution is -2.37. The minimum absolute atomic E-state index is 0.0235. The lowest BCUT2D eigenvalue weighted by Gasteiger charge is -2.21. The van der Waals surface area contributed by atoms with Crippen molar-refractivity contribution in [1.29, 1.82) is 0 Å². The normalized spacial score (nSPS) is 18.6. The Morgan fingerprint density at radius 1 is 1.55 bits per heavy atom. The molecule has 0 saturated carbocycles. The number of anilines is 1. The second-order valence-corrected chi connectivity index (χ2v) is 6.11. The molecule has 5 nitrogen and oxygen atoms in total. The Morgan fingerprint density at radius 2 is 2.35 bits per heavy atom. The van der Waals surface area contributed by atoms with Crippen molar-refractivity contribution < 1.29 is 14.3 Å². The van der Waals surface area contributed by atoms with E-state index in [1.54, 1.807) is 13.0 Å². The Balaban J connectivity index is 2.08. The maximum absolute atomic E-state index is 12.2. The molecule has 0 radical (unpaired) electrons. The van der Waals surface area contributed by atoms with Gasteiger partial charge in [-0.15, -0.1) is 11.3 Å². The molecule has 1 aliphatic heterocycles. The van der Waals surface area contributed by atoms with Gasteiger partial charge in [0.2, 0.25) is 5.91 Å². The topological polar surface area (TPSA) is 67.4 Å². The summed E-state index contributed by atoms with van der Waals surface area (Å²) < 4.78 is 5.01. The number of hydrogen-bond donors (Lipinski definition) is 2. The first kappa shape index (κ1) is 15.0. The van der Waals surface area contributed by atoms with Crippen molar-refractivity contribution in [3.05, 3.63) is 16.5 Å². The zero-order valence-electron chi connectivity index (χ0n) is 11.8. The predicted molar refractivity (Wildman–Crippen MR) is 79.2 cm³/mol. The van der Waals surface area contributed by atoms with Crippen molar-refractivity contribution in [3.8, 4) is 0 Å². The van der Waals surface area contributed by atoms with E-state index >= 15 is 0 Å². The molecule has 1 atom stereocenters. The SMILES string of the molecule is CCOC(=O)c1cc(C)sc1NC(=O)[C@H]1CCCNC1. The number of nitrogens with one attached hydrogen (secondary N) is 2. The Morgan fingerprint density at radius 3 is 3.00 bits per heavy atom. The van der Waals surface area contributed by atoms with Crippen LogP contribution < -0.4 is 10.6 Å². The van der Waals surface area contributed by atoms with Crippen molar-refractivity contribution in [2.75, 3.05) is 25.0 Å². The Bertz CT molecular complexity index is 493. The van der Waals surface area contributed by atoms with Crippen LogP contribution in [0, 0.1) is 12.8 Å². The van der Waals surface area contributed by atoms with Crippen LogP contribution in [0.2, 0.25) is 0 Å². The molecule has 1 aliphatic rings. The molecule has 1 aromatic heterocycles. The molecular weight excluding hydrogens is 276 g/mol. The van der Waals surface area contributed by atoms with E-state index in [0.29, 0.717) is 23.7 Å². The van der Waals surface area contributed by atoms with E-state index in [1.165, 1.54) is 11.3 Å². The summed E-state index contributed by atoms with van der Waals surface area (Å²) in [6.07, 6.45) is 1.89. The standard InChI is InChI=1S/C14H20N2O3S/c1-3-19-14(18)11-7-9(2)20-13(11)16-12(17)10-5-4-6-15-8-10/h7,10,15H,3-6,8H2,1-2H3,(H,16,17)/t10-/m0/s1. The first-order valence-electron chi connectivity index (χ1n) is 6.91. The summed E-state index contributed by atoms with van der Waals surface area (Å²) in [6.45, 7) is 5.67. The number of thiophene rings is 1. The lowest BCUT2D eigenvalue weighted by atomic mass is 9.99. The zero-order valence-corrected chi connectivity index (χ0v) is 12.6. The van der Waals surface area contributed by atoms with Gasteiger partial charge in [0.05, 0.1) is 18.1 Å². The van der Waals surface area contributed by atoms with Crippen molar-refractivity contribution in [1.82, 2.24) is 5.32 Å². The maximum atomic E-state index is 12.2. The van der Waals surface area contributed by atoms with Gasteiger partial charge >= 0.3 is 5.97 Å². The van der Waals surface area contributed by atoms with Gasteiger partial charge in [-0.3, -0.25) is 4.79 Å². The van der Waals surface area contributed by atoms with Gasteiger partial charge in [0.15, 0.2) is 0 Å². The average molecular weight is 296 g/mol. The number of esters is 1. The highest BCUT2D eigenvalue weighted by Gasteiger charge is 2.24. The fourth-order valence-electron chi connectivity index (χ4n) is 2.26. The highest BCUT2D eigenvalue weighted by atomic mass is 32.1. The Kier molecular flexibility index (Phi) is 5.14. The van der Waals surface area contributed by atoms with Crippen LogP contribution in [0.4, 0.5) is 5.00 Å². The van der Waals surface area contributed by atoms with Gasteiger partial charge in [0.25, 0.3) is 0 Å². The van der Waals surface area contributed by atoms with E-state index in [9.17, 15) is 9.59 Å². The van der Waals surface area contributed by atoms with Gasteiger partial charge < -0.3 is 15.4 Å². The smallest absolute Gasteiger partial charge is 0.341 e. The highest BCUT2D eigenvalue weighted by molar-refractivity contribution is 7.16. The molecule has 110 valence electrons. The third-order valence-electron chi connectivity index (χ3n) is 3.26. The number of carbonyl (C=O) groups excluding carboxylic acids is 2. The van der Waals surface area contributed by atoms with E-state index in [-0.39, 0.29) is 17.8 Å². The molecule has 1 fully saturated rings. The number of piperidine rings is 1. The molecule has 0 aromatic carbocycles. The molecule has 0 bridgehead atoms. The Labute approximate surface area is 122 Å². The molecule has 0 aliphatic carbocycles. The number of aryl methyl sites for hydroxylation is 1. The molecule has 1 saturated heterocycles. The summed E-state index contributed by atoms with van der Waals surface area (Å²) in [5, 5.41) is 6.69. The van der Waals surface area contributed by atoms with Crippen LogP contribution in [0.5, 0.6) is 0 Å². The number of ether oxygens (including phenoxy) is 1. The van der Waals surface area contributed by atoms with Crippen LogP contribution in [0.15, 0.2) is 6.07 Å². The summed E-state index contributed by atoms with van der Waals surface area (Å²) in [6, 6.07) is 1.76. The van der Waals surface area contributed by atoms with E-state index in [2.05, 4.69) is 10.6 Å². The zero-order chi connectivity index (χ0) is 14.5. The fraction of sp³-hybridized carbons (Fsp3) is 0.571. The molecule has 2 rings (SSSR count). The molecule has 2 N–H and O–H groups in total. The van der Waals surface area contributed by atoms with Crippen LogP contribution in [-0.4, -0.2) is 31.6 Å².